The van der Waals surface area contributed by atoms with Gasteiger partial charge >= 0.3 is 0 Å². The van der Waals surface area contributed by atoms with Gasteiger partial charge < -0.3 is 29.4 Å². The van der Waals surface area contributed by atoms with Gasteiger partial charge in [-0.3, -0.25) is 19.3 Å². The van der Waals surface area contributed by atoms with Crippen LogP contribution >= 0.6 is 0 Å². The SMILES string of the molecule is COc1ccc([C@@H](C(=O)NC(C)(C)C)N(C(=O)CCC(=O)Nc2cc(C)on2)c2ccc3c(c2)OCCO3)cc1. The topological polar surface area (TPSA) is 132 Å². The number of ether oxygens (including phenoxy) is 3. The number of hydrogen-bond acceptors (Lipinski definition) is 8. The average molecular weight is 551 g/mol. The zero-order valence-corrected chi connectivity index (χ0v) is 23.3. The van der Waals surface area contributed by atoms with Crippen molar-refractivity contribution in [3.05, 3.63) is 59.9 Å². The number of benzene rings is 2. The molecule has 0 saturated heterocycles. The molecule has 0 aliphatic carbocycles. The van der Waals surface area contributed by atoms with Crippen LogP contribution in [0.5, 0.6) is 17.2 Å². The summed E-state index contributed by atoms with van der Waals surface area (Å²) in [5, 5.41) is 9.37. The molecule has 3 amide bonds. The van der Waals surface area contributed by atoms with Gasteiger partial charge in [0.25, 0.3) is 0 Å². The van der Waals surface area contributed by atoms with Crippen LogP contribution in [0.1, 0.15) is 51.0 Å². The lowest BCUT2D eigenvalue weighted by molar-refractivity contribution is -0.128. The minimum atomic E-state index is -1.05. The number of aryl methyl sites for hydroxylation is 1. The number of nitrogens with one attached hydrogen (secondary N) is 2. The Kier molecular flexibility index (Phi) is 8.61. The van der Waals surface area contributed by atoms with Crippen LogP contribution in [0.15, 0.2) is 53.1 Å². The van der Waals surface area contributed by atoms with E-state index in [1.165, 1.54) is 4.90 Å². The first-order valence-electron chi connectivity index (χ1n) is 12.9. The molecule has 2 aromatic carbocycles. The zero-order valence-electron chi connectivity index (χ0n) is 23.3. The molecule has 1 aliphatic rings. The van der Waals surface area contributed by atoms with Crippen LogP contribution < -0.4 is 29.7 Å². The molecule has 4 rings (SSSR count). The molecule has 11 nitrogen and oxygen atoms in total. The minimum absolute atomic E-state index is 0.137. The second kappa shape index (κ2) is 12.1. The Bertz CT molecular complexity index is 1360. The van der Waals surface area contributed by atoms with Crippen molar-refractivity contribution in [2.45, 2.75) is 52.1 Å². The molecule has 40 heavy (non-hydrogen) atoms. The van der Waals surface area contributed by atoms with Crippen molar-refractivity contribution in [3.8, 4) is 17.2 Å². The first-order chi connectivity index (χ1) is 19.0. The fraction of sp³-hybridized carbons (Fsp3) is 0.379. The van der Waals surface area contributed by atoms with Crippen LogP contribution in [0.2, 0.25) is 0 Å². The van der Waals surface area contributed by atoms with Crippen LogP contribution in [-0.2, 0) is 14.4 Å². The van der Waals surface area contributed by atoms with Gasteiger partial charge in [-0.05, 0) is 57.5 Å². The fourth-order valence-corrected chi connectivity index (χ4v) is 4.23. The maximum atomic E-state index is 13.9. The normalized spacial score (nSPS) is 13.2. The Labute approximate surface area is 232 Å². The lowest BCUT2D eigenvalue weighted by Gasteiger charge is -2.34. The van der Waals surface area contributed by atoms with Crippen molar-refractivity contribution in [2.75, 3.05) is 30.5 Å². The van der Waals surface area contributed by atoms with Crippen molar-refractivity contribution in [2.24, 2.45) is 0 Å². The second-order valence-corrected chi connectivity index (χ2v) is 10.4. The van der Waals surface area contributed by atoms with Crippen molar-refractivity contribution in [1.29, 1.82) is 0 Å². The predicted molar refractivity (Wildman–Crippen MR) is 148 cm³/mol. The Hall–Kier alpha value is -4.54. The number of nitrogens with zero attached hydrogens (tertiary/aromatic N) is 2. The van der Waals surface area contributed by atoms with E-state index in [2.05, 4.69) is 15.8 Å². The van der Waals surface area contributed by atoms with Gasteiger partial charge in [0, 0.05) is 36.2 Å². The van der Waals surface area contributed by atoms with E-state index in [-0.39, 0.29) is 24.6 Å². The molecule has 2 heterocycles. The van der Waals surface area contributed by atoms with E-state index in [4.69, 9.17) is 18.7 Å². The smallest absolute Gasteiger partial charge is 0.248 e. The van der Waals surface area contributed by atoms with Crippen molar-refractivity contribution in [1.82, 2.24) is 10.5 Å². The van der Waals surface area contributed by atoms with Gasteiger partial charge in [-0.15, -0.1) is 0 Å². The molecular formula is C29H34N4O7. The van der Waals surface area contributed by atoms with E-state index in [1.54, 1.807) is 62.6 Å². The van der Waals surface area contributed by atoms with E-state index in [0.29, 0.717) is 47.5 Å². The summed E-state index contributed by atoms with van der Waals surface area (Å²) >= 11 is 0. The standard InChI is InChI=1S/C29H34N4O7/c1-18-16-24(32-40-18)30-25(34)12-13-26(35)33(20-8-11-22-23(17-20)39-15-14-38-22)27(28(36)31-29(2,3)4)19-6-9-21(37-5)10-7-19/h6-11,16-17,27H,12-15H2,1-5H3,(H,31,36)(H,30,32,34)/t27-/m0/s1. The van der Waals surface area contributed by atoms with Gasteiger partial charge in [-0.1, -0.05) is 17.3 Å². The number of carbonyl (C=O) groups is 3. The molecule has 2 N–H and O–H groups in total. The third kappa shape index (κ3) is 7.10. The summed E-state index contributed by atoms with van der Waals surface area (Å²) in [4.78, 5) is 41.7. The van der Waals surface area contributed by atoms with Crippen LogP contribution in [-0.4, -0.2) is 48.7 Å². The predicted octanol–water partition coefficient (Wildman–Crippen LogP) is 4.17. The molecule has 1 atom stereocenters. The molecule has 212 valence electrons. The molecule has 0 radical (unpaired) electrons. The number of rotatable bonds is 9. The molecule has 0 unspecified atom stereocenters. The maximum absolute atomic E-state index is 13.9. The summed E-state index contributed by atoms with van der Waals surface area (Å²) in [6, 6.07) is 12.5. The van der Waals surface area contributed by atoms with Crippen LogP contribution in [0.3, 0.4) is 0 Å². The zero-order chi connectivity index (χ0) is 28.9. The van der Waals surface area contributed by atoms with Crippen LogP contribution in [0.25, 0.3) is 0 Å². The molecule has 3 aromatic rings. The quantitative estimate of drug-likeness (QED) is 0.406. The lowest BCUT2D eigenvalue weighted by atomic mass is 10.00. The first-order valence-corrected chi connectivity index (χ1v) is 12.9. The highest BCUT2D eigenvalue weighted by atomic mass is 16.6. The van der Waals surface area contributed by atoms with Crippen LogP contribution in [0, 0.1) is 6.92 Å². The summed E-state index contributed by atoms with van der Waals surface area (Å²) in [6.45, 7) is 8.07. The van der Waals surface area contributed by atoms with Crippen molar-refractivity contribution >= 4 is 29.2 Å². The third-order valence-electron chi connectivity index (χ3n) is 5.97. The van der Waals surface area contributed by atoms with Gasteiger partial charge in [0.1, 0.15) is 30.8 Å². The highest BCUT2D eigenvalue weighted by molar-refractivity contribution is 6.03. The highest BCUT2D eigenvalue weighted by Crippen LogP contribution is 2.38. The lowest BCUT2D eigenvalue weighted by Crippen LogP contribution is -2.49. The van der Waals surface area contributed by atoms with Gasteiger partial charge in [-0.25, -0.2) is 0 Å². The summed E-state index contributed by atoms with van der Waals surface area (Å²) < 4.78 is 21.7. The highest BCUT2D eigenvalue weighted by Gasteiger charge is 2.35. The van der Waals surface area contributed by atoms with E-state index in [9.17, 15) is 14.4 Å². The van der Waals surface area contributed by atoms with E-state index in [0.717, 1.165) is 0 Å². The van der Waals surface area contributed by atoms with E-state index < -0.39 is 23.4 Å². The number of methoxy groups -OCH3 is 1. The molecule has 1 aliphatic heterocycles. The van der Waals surface area contributed by atoms with E-state index in [1.807, 2.05) is 20.8 Å². The molecule has 1 aromatic heterocycles. The first kappa shape index (κ1) is 28.5. The van der Waals surface area contributed by atoms with Crippen LogP contribution in [0.4, 0.5) is 11.5 Å². The molecular weight excluding hydrogens is 516 g/mol. The van der Waals surface area contributed by atoms with Crippen molar-refractivity contribution in [3.63, 3.8) is 0 Å². The number of amides is 3. The molecule has 0 bridgehead atoms. The molecule has 0 spiro atoms. The third-order valence-corrected chi connectivity index (χ3v) is 5.97. The molecule has 0 fully saturated rings. The number of anilines is 2. The molecule has 0 saturated carbocycles. The van der Waals surface area contributed by atoms with E-state index >= 15 is 0 Å². The van der Waals surface area contributed by atoms with Gasteiger partial charge in [0.15, 0.2) is 17.3 Å². The summed E-state index contributed by atoms with van der Waals surface area (Å²) in [5.74, 6) is 1.19. The summed E-state index contributed by atoms with van der Waals surface area (Å²) in [5.41, 5.74) is 0.416. The van der Waals surface area contributed by atoms with Gasteiger partial charge in [0.05, 0.1) is 7.11 Å². The fourth-order valence-electron chi connectivity index (χ4n) is 4.23. The Morgan fingerprint density at radius 3 is 2.33 bits per heavy atom. The molecule has 11 heteroatoms. The Morgan fingerprint density at radius 2 is 1.70 bits per heavy atom. The van der Waals surface area contributed by atoms with Crippen molar-refractivity contribution < 1.29 is 33.1 Å². The second-order valence-electron chi connectivity index (χ2n) is 10.4. The monoisotopic (exact) mass is 550 g/mol. The summed E-state index contributed by atoms with van der Waals surface area (Å²) in [7, 11) is 1.55. The largest absolute Gasteiger partial charge is 0.497 e. The summed E-state index contributed by atoms with van der Waals surface area (Å²) in [6.07, 6.45) is -0.311. The maximum Gasteiger partial charge on any atom is 0.248 e. The average Bonchev–Trinajstić information content (AvgIpc) is 3.33. The van der Waals surface area contributed by atoms with Gasteiger partial charge in [0.2, 0.25) is 17.7 Å². The minimum Gasteiger partial charge on any atom is -0.497 e. The number of carbonyl (C=O) groups excluding carboxylic acids is 3. The Morgan fingerprint density at radius 1 is 1.00 bits per heavy atom. The van der Waals surface area contributed by atoms with Gasteiger partial charge in [-0.2, -0.15) is 0 Å². The number of hydrogen-bond donors (Lipinski definition) is 2. The Balaban J connectivity index is 1.70. The number of aromatic nitrogens is 1. The number of fused-ring (bicyclic) bond motifs is 1.